The first-order valence-corrected chi connectivity index (χ1v) is 12.1. The van der Waals surface area contributed by atoms with Gasteiger partial charge in [0, 0.05) is 44.2 Å². The molecule has 0 radical (unpaired) electrons. The van der Waals surface area contributed by atoms with Crippen LogP contribution in [0.5, 0.6) is 5.75 Å². The molecule has 0 aromatic heterocycles. The van der Waals surface area contributed by atoms with Crippen molar-refractivity contribution in [3.8, 4) is 5.75 Å². The van der Waals surface area contributed by atoms with E-state index in [1.165, 1.54) is 0 Å². The maximum absolute atomic E-state index is 13.6. The van der Waals surface area contributed by atoms with Gasteiger partial charge in [0.2, 0.25) is 11.8 Å². The molecule has 34 heavy (non-hydrogen) atoms. The number of methoxy groups -OCH3 is 1. The number of carbonyl (C=O) groups excluding carboxylic acids is 3. The number of rotatable bonds is 7. The zero-order valence-electron chi connectivity index (χ0n) is 20.0. The van der Waals surface area contributed by atoms with Gasteiger partial charge in [0.1, 0.15) is 5.75 Å². The van der Waals surface area contributed by atoms with Crippen molar-refractivity contribution in [1.82, 2.24) is 9.80 Å². The molecule has 0 aliphatic carbocycles. The maximum atomic E-state index is 13.6. The van der Waals surface area contributed by atoms with Gasteiger partial charge in [-0.2, -0.15) is 0 Å². The molecule has 0 spiro atoms. The Morgan fingerprint density at radius 3 is 2.38 bits per heavy atom. The van der Waals surface area contributed by atoms with E-state index >= 15 is 0 Å². The number of para-hydroxylation sites is 2. The summed E-state index contributed by atoms with van der Waals surface area (Å²) in [5.41, 5.74) is 1.41. The van der Waals surface area contributed by atoms with Crippen LogP contribution in [-0.4, -0.2) is 66.9 Å². The highest BCUT2D eigenvalue weighted by atomic mass is 16.5. The van der Waals surface area contributed by atoms with Gasteiger partial charge in [-0.25, -0.2) is 0 Å². The summed E-state index contributed by atoms with van der Waals surface area (Å²) in [7, 11) is 1.58. The lowest BCUT2D eigenvalue weighted by atomic mass is 9.98. The Hall–Kier alpha value is -3.35. The molecule has 2 saturated heterocycles. The van der Waals surface area contributed by atoms with Gasteiger partial charge in [-0.1, -0.05) is 37.3 Å². The molecule has 2 aromatic rings. The van der Waals surface area contributed by atoms with Crippen LogP contribution in [0.15, 0.2) is 54.6 Å². The third-order valence-electron chi connectivity index (χ3n) is 6.81. The van der Waals surface area contributed by atoms with Crippen LogP contribution in [0.2, 0.25) is 0 Å². The second-order valence-corrected chi connectivity index (χ2v) is 9.00. The van der Waals surface area contributed by atoms with Crippen molar-refractivity contribution in [2.45, 2.75) is 38.6 Å². The van der Waals surface area contributed by atoms with E-state index in [0.29, 0.717) is 43.2 Å². The maximum Gasteiger partial charge on any atom is 0.253 e. The van der Waals surface area contributed by atoms with E-state index < -0.39 is 0 Å². The van der Waals surface area contributed by atoms with Crippen molar-refractivity contribution in [2.24, 2.45) is 5.92 Å². The predicted octanol–water partition coefficient (Wildman–Crippen LogP) is 3.59. The zero-order valence-corrected chi connectivity index (χ0v) is 20.0. The monoisotopic (exact) mass is 463 g/mol. The lowest BCUT2D eigenvalue weighted by molar-refractivity contribution is -0.139. The molecule has 1 unspecified atom stereocenters. The van der Waals surface area contributed by atoms with Crippen LogP contribution in [-0.2, 0) is 9.59 Å². The minimum Gasteiger partial charge on any atom is -0.495 e. The molecule has 3 amide bonds. The first-order chi connectivity index (χ1) is 16.5. The van der Waals surface area contributed by atoms with E-state index in [4.69, 9.17) is 4.74 Å². The average Bonchev–Trinajstić information content (AvgIpc) is 3.28. The highest BCUT2D eigenvalue weighted by Crippen LogP contribution is 2.34. The molecular weight excluding hydrogens is 430 g/mol. The van der Waals surface area contributed by atoms with E-state index in [9.17, 15) is 14.4 Å². The third kappa shape index (κ3) is 4.93. The van der Waals surface area contributed by atoms with Gasteiger partial charge in [-0.15, -0.1) is 0 Å². The topological polar surface area (TPSA) is 70.2 Å². The fourth-order valence-corrected chi connectivity index (χ4v) is 5.05. The Labute approximate surface area is 201 Å². The molecule has 2 heterocycles. The molecular formula is C27H33N3O4. The molecule has 2 aliphatic heterocycles. The van der Waals surface area contributed by atoms with E-state index in [-0.39, 0.29) is 36.1 Å². The van der Waals surface area contributed by atoms with Crippen LogP contribution in [0.1, 0.15) is 43.0 Å². The van der Waals surface area contributed by atoms with Crippen LogP contribution in [0, 0.1) is 5.92 Å². The molecule has 0 N–H and O–H groups in total. The second-order valence-electron chi connectivity index (χ2n) is 9.00. The fourth-order valence-electron chi connectivity index (χ4n) is 5.05. The number of benzene rings is 2. The number of ether oxygens (including phenoxy) is 1. The Bertz CT molecular complexity index is 1020. The smallest absolute Gasteiger partial charge is 0.253 e. The number of carbonyl (C=O) groups is 3. The predicted molar refractivity (Wildman–Crippen MR) is 131 cm³/mol. The van der Waals surface area contributed by atoms with E-state index in [2.05, 4.69) is 6.92 Å². The van der Waals surface area contributed by atoms with Crippen molar-refractivity contribution < 1.29 is 19.1 Å². The Balaban J connectivity index is 1.41. The normalized spacial score (nSPS) is 18.8. The summed E-state index contributed by atoms with van der Waals surface area (Å²) >= 11 is 0. The molecule has 4 rings (SSSR count). The summed E-state index contributed by atoms with van der Waals surface area (Å²) in [5, 5.41) is 0. The molecule has 7 heteroatoms. The van der Waals surface area contributed by atoms with Gasteiger partial charge >= 0.3 is 0 Å². The minimum absolute atomic E-state index is 0.0421. The van der Waals surface area contributed by atoms with Crippen molar-refractivity contribution in [3.05, 3.63) is 60.2 Å². The molecule has 2 fully saturated rings. The largest absolute Gasteiger partial charge is 0.495 e. The van der Waals surface area contributed by atoms with Gasteiger partial charge in [0.25, 0.3) is 5.91 Å². The van der Waals surface area contributed by atoms with Crippen molar-refractivity contribution in [2.75, 3.05) is 38.2 Å². The van der Waals surface area contributed by atoms with E-state index in [0.717, 1.165) is 19.3 Å². The highest BCUT2D eigenvalue weighted by molar-refractivity contribution is 6.01. The summed E-state index contributed by atoms with van der Waals surface area (Å²) in [4.78, 5) is 44.7. The van der Waals surface area contributed by atoms with Crippen molar-refractivity contribution in [3.63, 3.8) is 0 Å². The molecule has 180 valence electrons. The van der Waals surface area contributed by atoms with Gasteiger partial charge in [0.15, 0.2) is 0 Å². The third-order valence-corrected chi connectivity index (χ3v) is 6.81. The minimum atomic E-state index is -0.368. The second kappa shape index (κ2) is 10.7. The summed E-state index contributed by atoms with van der Waals surface area (Å²) in [5.74, 6) is 0.294. The molecule has 0 bridgehead atoms. The lowest BCUT2D eigenvalue weighted by Crippen LogP contribution is -2.50. The fraction of sp³-hybridized carbons (Fsp3) is 0.444. The summed E-state index contributed by atoms with van der Waals surface area (Å²) in [6, 6.07) is 16.8. The summed E-state index contributed by atoms with van der Waals surface area (Å²) < 4.78 is 5.42. The van der Waals surface area contributed by atoms with Gasteiger partial charge in [-0.05, 0) is 43.5 Å². The number of likely N-dealkylation sites (tertiary alicyclic amines) is 1. The van der Waals surface area contributed by atoms with Crippen LogP contribution in [0.4, 0.5) is 5.69 Å². The summed E-state index contributed by atoms with van der Waals surface area (Å²) in [6.07, 6.45) is 2.57. The first kappa shape index (κ1) is 23.8. The quantitative estimate of drug-likeness (QED) is 0.629. The van der Waals surface area contributed by atoms with Gasteiger partial charge in [0.05, 0.1) is 18.7 Å². The van der Waals surface area contributed by atoms with Crippen LogP contribution in [0.25, 0.3) is 0 Å². The van der Waals surface area contributed by atoms with Crippen LogP contribution in [0.3, 0.4) is 0 Å². The van der Waals surface area contributed by atoms with Crippen LogP contribution < -0.4 is 9.64 Å². The standard InChI is InChI=1S/C27H33N3O4/c1-3-15-29(22-13-16-28(17-14-22)26(32)20-9-5-4-6-10-20)27(33)21-18-25(31)30(19-21)23-11-7-8-12-24(23)34-2/h4-12,21-22H,3,13-19H2,1-2H3. The Morgan fingerprint density at radius 1 is 1.03 bits per heavy atom. The number of anilines is 1. The zero-order chi connectivity index (χ0) is 24.1. The molecule has 7 nitrogen and oxygen atoms in total. The number of piperidine rings is 1. The number of hydrogen-bond acceptors (Lipinski definition) is 4. The number of nitrogens with zero attached hydrogens (tertiary/aromatic N) is 3. The Kier molecular flexibility index (Phi) is 7.50. The number of hydrogen-bond donors (Lipinski definition) is 0. The van der Waals surface area contributed by atoms with Gasteiger partial charge < -0.3 is 19.4 Å². The summed E-state index contributed by atoms with van der Waals surface area (Å²) in [6.45, 7) is 4.35. The highest BCUT2D eigenvalue weighted by Gasteiger charge is 2.40. The lowest BCUT2D eigenvalue weighted by Gasteiger charge is -2.39. The van der Waals surface area contributed by atoms with E-state index in [1.54, 1.807) is 12.0 Å². The average molecular weight is 464 g/mol. The first-order valence-electron chi connectivity index (χ1n) is 12.1. The van der Waals surface area contributed by atoms with Crippen molar-refractivity contribution >= 4 is 23.4 Å². The molecule has 0 saturated carbocycles. The molecule has 1 atom stereocenters. The molecule has 2 aliphatic rings. The van der Waals surface area contributed by atoms with Crippen LogP contribution >= 0.6 is 0 Å². The SMILES string of the molecule is CCCN(C(=O)C1CC(=O)N(c2ccccc2OC)C1)C1CCN(C(=O)c2ccccc2)CC1. The van der Waals surface area contributed by atoms with E-state index in [1.807, 2.05) is 64.4 Å². The number of amides is 3. The van der Waals surface area contributed by atoms with Crippen molar-refractivity contribution in [1.29, 1.82) is 0 Å². The molecule has 2 aromatic carbocycles. The Morgan fingerprint density at radius 2 is 1.71 bits per heavy atom. The van der Waals surface area contributed by atoms with Gasteiger partial charge in [-0.3, -0.25) is 14.4 Å².